The van der Waals surface area contributed by atoms with Crippen molar-refractivity contribution in [3.63, 3.8) is 0 Å². The Morgan fingerprint density at radius 1 is 1.62 bits per heavy atom. The molecule has 0 aromatic carbocycles. The van der Waals surface area contributed by atoms with Gasteiger partial charge in [-0.3, -0.25) is 0 Å². The molecule has 0 nitrogen and oxygen atoms in total. The third kappa shape index (κ3) is 4.92. The summed E-state index contributed by atoms with van der Waals surface area (Å²) in [6, 6.07) is 0. The second-order valence-corrected chi connectivity index (χ2v) is 4.06. The monoisotopic (exact) mass is 198 g/mol. The molecule has 0 bridgehead atoms. The van der Waals surface area contributed by atoms with E-state index in [2.05, 4.69) is 22.9 Å². The van der Waals surface area contributed by atoms with Crippen molar-refractivity contribution in [1.82, 2.24) is 0 Å². The molecule has 50 valence electrons. The van der Waals surface area contributed by atoms with Gasteiger partial charge in [-0.1, -0.05) is 22.9 Å². The van der Waals surface area contributed by atoms with Crippen LogP contribution in [-0.2, 0) is 0 Å². The zero-order chi connectivity index (χ0) is 6.57. The van der Waals surface area contributed by atoms with Gasteiger partial charge in [0.05, 0.1) is 0 Å². The quantitative estimate of drug-likeness (QED) is 0.613. The van der Waals surface area contributed by atoms with Gasteiger partial charge in [0.2, 0.25) is 0 Å². The zero-order valence-electron chi connectivity index (χ0n) is 5.32. The van der Waals surface area contributed by atoms with Crippen LogP contribution in [-0.4, -0.2) is 10.2 Å². The first-order valence-corrected chi connectivity index (χ1v) is 4.30. The maximum Gasteiger partial charge on any atom is 0.0318 e. The molecule has 0 aromatic heterocycles. The van der Waals surface area contributed by atoms with E-state index in [1.807, 2.05) is 6.92 Å². The molecule has 0 aliphatic heterocycles. The predicted molar refractivity (Wildman–Crippen MR) is 42.9 cm³/mol. The number of halogens is 2. The molecule has 2 atom stereocenters. The Labute approximate surface area is 64.7 Å². The van der Waals surface area contributed by atoms with E-state index in [9.17, 15) is 0 Å². The van der Waals surface area contributed by atoms with E-state index in [1.165, 1.54) is 0 Å². The van der Waals surface area contributed by atoms with Gasteiger partial charge in [0.15, 0.2) is 0 Å². The van der Waals surface area contributed by atoms with E-state index in [1.54, 1.807) is 0 Å². The summed E-state index contributed by atoms with van der Waals surface area (Å²) in [5.74, 6) is 0. The van der Waals surface area contributed by atoms with Crippen molar-refractivity contribution in [2.24, 2.45) is 0 Å². The van der Waals surface area contributed by atoms with Crippen LogP contribution < -0.4 is 0 Å². The Balaban J connectivity index is 3.10. The normalized spacial score (nSPS) is 18.0. The highest BCUT2D eigenvalue weighted by atomic mass is 79.9. The predicted octanol–water partition coefficient (Wildman–Crippen LogP) is 3.18. The van der Waals surface area contributed by atoms with Gasteiger partial charge in [0.25, 0.3) is 0 Å². The van der Waals surface area contributed by atoms with Crippen molar-refractivity contribution in [1.29, 1.82) is 0 Å². The molecular formula is C6H12BrCl. The van der Waals surface area contributed by atoms with E-state index in [4.69, 9.17) is 11.6 Å². The lowest BCUT2D eigenvalue weighted by Crippen LogP contribution is -2.02. The van der Waals surface area contributed by atoms with Gasteiger partial charge >= 0.3 is 0 Å². The second-order valence-electron chi connectivity index (χ2n) is 2.02. The molecule has 0 fully saturated rings. The van der Waals surface area contributed by atoms with Crippen molar-refractivity contribution in [3.05, 3.63) is 0 Å². The molecule has 0 aliphatic rings. The largest absolute Gasteiger partial charge is 0.123 e. The van der Waals surface area contributed by atoms with Gasteiger partial charge in [-0.05, 0) is 19.8 Å². The van der Waals surface area contributed by atoms with E-state index in [0.717, 1.165) is 12.8 Å². The van der Waals surface area contributed by atoms with Crippen LogP contribution in [0, 0.1) is 0 Å². The third-order valence-electron chi connectivity index (χ3n) is 1.02. The Bertz CT molecular complexity index is 54.5. The van der Waals surface area contributed by atoms with Crippen LogP contribution in [0.25, 0.3) is 0 Å². The van der Waals surface area contributed by atoms with Crippen molar-refractivity contribution < 1.29 is 0 Å². The Hall–Kier alpha value is 0.770. The number of hydrogen-bond donors (Lipinski definition) is 0. The molecular weight excluding hydrogens is 187 g/mol. The first kappa shape index (κ1) is 8.77. The molecule has 0 saturated carbocycles. The lowest BCUT2D eigenvalue weighted by Gasteiger charge is -2.06. The first-order chi connectivity index (χ1) is 3.66. The molecule has 0 radical (unpaired) electrons. The summed E-state index contributed by atoms with van der Waals surface area (Å²) in [5.41, 5.74) is 0. The first-order valence-electron chi connectivity index (χ1n) is 2.95. The van der Waals surface area contributed by atoms with Crippen molar-refractivity contribution in [2.45, 2.75) is 36.9 Å². The summed E-state index contributed by atoms with van der Waals surface area (Å²) in [6.07, 6.45) is 2.23. The van der Waals surface area contributed by atoms with Crippen LogP contribution >= 0.6 is 27.5 Å². The smallest absolute Gasteiger partial charge is 0.0318 e. The number of rotatable bonds is 3. The van der Waals surface area contributed by atoms with Crippen LogP contribution in [0.15, 0.2) is 0 Å². The molecule has 0 aliphatic carbocycles. The van der Waals surface area contributed by atoms with Crippen molar-refractivity contribution in [2.75, 3.05) is 0 Å². The molecule has 2 heteroatoms. The van der Waals surface area contributed by atoms with E-state index >= 15 is 0 Å². The number of alkyl halides is 2. The lowest BCUT2D eigenvalue weighted by atomic mass is 10.2. The fourth-order valence-corrected chi connectivity index (χ4v) is 1.51. The summed E-state index contributed by atoms with van der Waals surface area (Å²) >= 11 is 9.21. The molecule has 0 amide bonds. The highest BCUT2D eigenvalue weighted by Crippen LogP contribution is 2.14. The van der Waals surface area contributed by atoms with Gasteiger partial charge in [-0.15, -0.1) is 11.6 Å². The summed E-state index contributed by atoms with van der Waals surface area (Å²) < 4.78 is 0. The van der Waals surface area contributed by atoms with E-state index < -0.39 is 0 Å². The number of hydrogen-bond acceptors (Lipinski definition) is 0. The molecule has 0 saturated heterocycles. The molecule has 8 heavy (non-hydrogen) atoms. The molecule has 0 rings (SSSR count). The van der Waals surface area contributed by atoms with Crippen LogP contribution in [0.3, 0.4) is 0 Å². The summed E-state index contributed by atoms with van der Waals surface area (Å²) in [4.78, 5) is 0.606. The molecule has 2 unspecified atom stereocenters. The van der Waals surface area contributed by atoms with Gasteiger partial charge in [-0.25, -0.2) is 0 Å². The Morgan fingerprint density at radius 2 is 2.12 bits per heavy atom. The van der Waals surface area contributed by atoms with Gasteiger partial charge in [0.1, 0.15) is 0 Å². The highest BCUT2D eigenvalue weighted by molar-refractivity contribution is 9.09. The fourth-order valence-electron chi connectivity index (χ4n) is 0.519. The second kappa shape index (κ2) is 4.63. The van der Waals surface area contributed by atoms with Crippen LogP contribution in [0.4, 0.5) is 0 Å². The summed E-state index contributed by atoms with van der Waals surface area (Å²) in [5, 5.41) is 0.305. The van der Waals surface area contributed by atoms with Crippen molar-refractivity contribution in [3.8, 4) is 0 Å². The minimum atomic E-state index is 0.305. The topological polar surface area (TPSA) is 0 Å². The van der Waals surface area contributed by atoms with Crippen LogP contribution in [0.1, 0.15) is 26.7 Å². The Kier molecular flexibility index (Phi) is 5.08. The molecule has 0 spiro atoms. The average Bonchev–Trinajstić information content (AvgIpc) is 1.65. The van der Waals surface area contributed by atoms with E-state index in [-0.39, 0.29) is 0 Å². The molecule has 0 N–H and O–H groups in total. The van der Waals surface area contributed by atoms with Crippen LogP contribution in [0.2, 0.25) is 0 Å². The van der Waals surface area contributed by atoms with Gasteiger partial charge < -0.3 is 0 Å². The van der Waals surface area contributed by atoms with Crippen molar-refractivity contribution >= 4 is 27.5 Å². The maximum absolute atomic E-state index is 5.72. The maximum atomic E-state index is 5.72. The molecule has 0 aromatic rings. The summed E-state index contributed by atoms with van der Waals surface area (Å²) in [6.45, 7) is 4.17. The lowest BCUT2D eigenvalue weighted by molar-refractivity contribution is 0.736. The fraction of sp³-hybridized carbons (Fsp3) is 1.00. The molecule has 0 heterocycles. The SMILES string of the molecule is CCC(Br)CC(C)Cl. The zero-order valence-corrected chi connectivity index (χ0v) is 7.67. The third-order valence-corrected chi connectivity index (χ3v) is 2.22. The minimum absolute atomic E-state index is 0.305. The minimum Gasteiger partial charge on any atom is -0.123 e. The highest BCUT2D eigenvalue weighted by Gasteiger charge is 2.03. The standard InChI is InChI=1S/C6H12BrCl/c1-3-6(7)4-5(2)8/h5-6H,3-4H2,1-2H3. The van der Waals surface area contributed by atoms with Crippen LogP contribution in [0.5, 0.6) is 0 Å². The Morgan fingerprint density at radius 3 is 2.25 bits per heavy atom. The average molecular weight is 200 g/mol. The van der Waals surface area contributed by atoms with E-state index in [0.29, 0.717) is 10.2 Å². The van der Waals surface area contributed by atoms with Gasteiger partial charge in [0, 0.05) is 10.2 Å². The van der Waals surface area contributed by atoms with Gasteiger partial charge in [-0.2, -0.15) is 0 Å². The summed E-state index contributed by atoms with van der Waals surface area (Å²) in [7, 11) is 0.